The summed E-state index contributed by atoms with van der Waals surface area (Å²) in [5.74, 6) is -0.533. The van der Waals surface area contributed by atoms with Gasteiger partial charge in [-0.15, -0.1) is 11.3 Å². The predicted octanol–water partition coefficient (Wildman–Crippen LogP) is 4.04. The third kappa shape index (κ3) is 3.79. The Kier molecular flexibility index (Phi) is 5.28. The van der Waals surface area contributed by atoms with E-state index < -0.39 is 0 Å². The number of esters is 1. The SMILES string of the molecule is CCCOC(=O)[C@@H](C)c1ccc(C(=O)c2cccs2)cc1. The predicted molar refractivity (Wildman–Crippen MR) is 83.9 cm³/mol. The molecule has 1 heterocycles. The minimum Gasteiger partial charge on any atom is -0.465 e. The lowest BCUT2D eigenvalue weighted by Gasteiger charge is -2.11. The molecule has 0 unspecified atom stereocenters. The third-order valence-corrected chi connectivity index (χ3v) is 4.09. The molecule has 0 aliphatic heterocycles. The Morgan fingerprint density at radius 1 is 1.19 bits per heavy atom. The van der Waals surface area contributed by atoms with Gasteiger partial charge in [-0.2, -0.15) is 0 Å². The average molecular weight is 302 g/mol. The number of carbonyl (C=O) groups excluding carboxylic acids is 2. The summed E-state index contributed by atoms with van der Waals surface area (Å²) < 4.78 is 5.14. The number of rotatable bonds is 6. The van der Waals surface area contributed by atoms with Crippen molar-refractivity contribution in [2.24, 2.45) is 0 Å². The highest BCUT2D eigenvalue weighted by Gasteiger charge is 2.17. The Morgan fingerprint density at radius 3 is 2.48 bits per heavy atom. The fourth-order valence-electron chi connectivity index (χ4n) is 1.94. The van der Waals surface area contributed by atoms with Crippen molar-refractivity contribution in [1.82, 2.24) is 0 Å². The highest BCUT2D eigenvalue weighted by Crippen LogP contribution is 2.20. The van der Waals surface area contributed by atoms with Crippen LogP contribution in [-0.4, -0.2) is 18.4 Å². The van der Waals surface area contributed by atoms with Gasteiger partial charge >= 0.3 is 5.97 Å². The minimum absolute atomic E-state index is 0.0118. The van der Waals surface area contributed by atoms with Crippen LogP contribution in [0.25, 0.3) is 0 Å². The van der Waals surface area contributed by atoms with E-state index in [1.807, 2.05) is 43.5 Å². The second-order valence-corrected chi connectivity index (χ2v) is 5.77. The number of hydrogen-bond donors (Lipinski definition) is 0. The zero-order chi connectivity index (χ0) is 15.2. The fraction of sp³-hybridized carbons (Fsp3) is 0.294. The van der Waals surface area contributed by atoms with Crippen LogP contribution in [0.15, 0.2) is 41.8 Å². The molecule has 2 rings (SSSR count). The number of hydrogen-bond acceptors (Lipinski definition) is 4. The maximum atomic E-state index is 12.2. The summed E-state index contributed by atoms with van der Waals surface area (Å²) in [6.07, 6.45) is 0.812. The van der Waals surface area contributed by atoms with Crippen LogP contribution in [0.1, 0.15) is 47.0 Å². The van der Waals surface area contributed by atoms with Gasteiger partial charge in [0.05, 0.1) is 17.4 Å². The van der Waals surface area contributed by atoms with Crippen molar-refractivity contribution in [2.45, 2.75) is 26.2 Å². The number of thiophene rings is 1. The molecule has 21 heavy (non-hydrogen) atoms. The molecule has 0 fully saturated rings. The number of ketones is 1. The van der Waals surface area contributed by atoms with Crippen LogP contribution in [0.4, 0.5) is 0 Å². The molecule has 0 aliphatic rings. The summed E-state index contributed by atoms with van der Waals surface area (Å²) in [6.45, 7) is 4.22. The molecule has 0 amide bonds. The lowest BCUT2D eigenvalue weighted by molar-refractivity contribution is -0.145. The van der Waals surface area contributed by atoms with Gasteiger partial charge in [-0.25, -0.2) is 0 Å². The second kappa shape index (κ2) is 7.18. The Labute approximate surface area is 128 Å². The van der Waals surface area contributed by atoms with E-state index in [9.17, 15) is 9.59 Å². The molecule has 4 heteroatoms. The molecule has 0 bridgehead atoms. The smallest absolute Gasteiger partial charge is 0.313 e. The van der Waals surface area contributed by atoms with Gasteiger partial charge in [-0.05, 0) is 30.4 Å². The van der Waals surface area contributed by atoms with Crippen LogP contribution >= 0.6 is 11.3 Å². The first-order valence-electron chi connectivity index (χ1n) is 6.98. The van der Waals surface area contributed by atoms with E-state index in [1.54, 1.807) is 12.1 Å². The van der Waals surface area contributed by atoms with Crippen LogP contribution < -0.4 is 0 Å². The van der Waals surface area contributed by atoms with E-state index in [1.165, 1.54) is 11.3 Å². The molecule has 2 aromatic rings. The molecule has 0 radical (unpaired) electrons. The van der Waals surface area contributed by atoms with Crippen LogP contribution in [0.2, 0.25) is 0 Å². The zero-order valence-corrected chi connectivity index (χ0v) is 13.0. The molecule has 0 saturated carbocycles. The lowest BCUT2D eigenvalue weighted by atomic mass is 9.98. The first kappa shape index (κ1) is 15.4. The van der Waals surface area contributed by atoms with Gasteiger partial charge in [0.1, 0.15) is 0 Å². The van der Waals surface area contributed by atoms with Gasteiger partial charge in [-0.1, -0.05) is 37.3 Å². The third-order valence-electron chi connectivity index (χ3n) is 3.22. The molecule has 0 N–H and O–H groups in total. The highest BCUT2D eigenvalue weighted by atomic mass is 32.1. The molecule has 1 atom stereocenters. The van der Waals surface area contributed by atoms with Crippen molar-refractivity contribution in [3.8, 4) is 0 Å². The molecular formula is C17H18O3S. The summed E-state index contributed by atoms with van der Waals surface area (Å²) in [7, 11) is 0. The van der Waals surface area contributed by atoms with Gasteiger partial charge < -0.3 is 4.74 Å². The molecular weight excluding hydrogens is 284 g/mol. The maximum Gasteiger partial charge on any atom is 0.313 e. The van der Waals surface area contributed by atoms with Gasteiger partial charge in [-0.3, -0.25) is 9.59 Å². The van der Waals surface area contributed by atoms with E-state index in [0.717, 1.165) is 16.9 Å². The summed E-state index contributed by atoms with van der Waals surface area (Å²) >= 11 is 1.43. The molecule has 110 valence electrons. The van der Waals surface area contributed by atoms with Gasteiger partial charge in [0.15, 0.2) is 0 Å². The molecule has 0 aliphatic carbocycles. The Morgan fingerprint density at radius 2 is 1.90 bits per heavy atom. The average Bonchev–Trinajstić information content (AvgIpc) is 3.05. The summed E-state index contributed by atoms with van der Waals surface area (Å²) in [6, 6.07) is 10.8. The van der Waals surface area contributed by atoms with Crippen molar-refractivity contribution in [2.75, 3.05) is 6.61 Å². The Balaban J connectivity index is 2.08. The zero-order valence-electron chi connectivity index (χ0n) is 12.2. The molecule has 0 saturated heterocycles. The molecule has 1 aromatic heterocycles. The van der Waals surface area contributed by atoms with Crippen molar-refractivity contribution in [3.63, 3.8) is 0 Å². The van der Waals surface area contributed by atoms with E-state index in [2.05, 4.69) is 0 Å². The first-order valence-corrected chi connectivity index (χ1v) is 7.86. The molecule has 3 nitrogen and oxygen atoms in total. The van der Waals surface area contributed by atoms with Crippen LogP contribution in [0.5, 0.6) is 0 Å². The van der Waals surface area contributed by atoms with Crippen LogP contribution in [-0.2, 0) is 9.53 Å². The standard InChI is InChI=1S/C17H18O3S/c1-3-10-20-17(19)12(2)13-6-8-14(9-7-13)16(18)15-5-4-11-21-15/h4-9,11-12H,3,10H2,1-2H3/t12-/m0/s1. The maximum absolute atomic E-state index is 12.2. The van der Waals surface area contributed by atoms with Gasteiger partial charge in [0.2, 0.25) is 5.78 Å². The largest absolute Gasteiger partial charge is 0.465 e. The number of ether oxygens (including phenoxy) is 1. The number of benzene rings is 1. The fourth-order valence-corrected chi connectivity index (χ4v) is 2.62. The molecule has 1 aromatic carbocycles. The van der Waals surface area contributed by atoms with E-state index in [0.29, 0.717) is 12.2 Å². The topological polar surface area (TPSA) is 43.4 Å². The second-order valence-electron chi connectivity index (χ2n) is 4.82. The monoisotopic (exact) mass is 302 g/mol. The first-order chi connectivity index (χ1) is 10.1. The van der Waals surface area contributed by atoms with E-state index in [-0.39, 0.29) is 17.7 Å². The highest BCUT2D eigenvalue weighted by molar-refractivity contribution is 7.12. The van der Waals surface area contributed by atoms with Crippen molar-refractivity contribution >= 4 is 23.1 Å². The quantitative estimate of drug-likeness (QED) is 0.597. The van der Waals surface area contributed by atoms with Crippen LogP contribution in [0.3, 0.4) is 0 Å². The number of carbonyl (C=O) groups is 2. The van der Waals surface area contributed by atoms with Crippen LogP contribution in [0, 0.1) is 0 Å². The minimum atomic E-state index is -0.317. The Bertz CT molecular complexity index is 599. The van der Waals surface area contributed by atoms with Gasteiger partial charge in [0, 0.05) is 5.56 Å². The van der Waals surface area contributed by atoms with Crippen molar-refractivity contribution in [1.29, 1.82) is 0 Å². The van der Waals surface area contributed by atoms with E-state index in [4.69, 9.17) is 4.74 Å². The lowest BCUT2D eigenvalue weighted by Crippen LogP contribution is -2.13. The summed E-state index contributed by atoms with van der Waals surface area (Å²) in [4.78, 5) is 24.7. The normalized spacial score (nSPS) is 11.9. The van der Waals surface area contributed by atoms with Crippen molar-refractivity contribution < 1.29 is 14.3 Å². The molecule has 0 spiro atoms. The van der Waals surface area contributed by atoms with Crippen molar-refractivity contribution in [3.05, 3.63) is 57.8 Å². The van der Waals surface area contributed by atoms with E-state index >= 15 is 0 Å². The Hall–Kier alpha value is -1.94. The van der Waals surface area contributed by atoms with Gasteiger partial charge in [0.25, 0.3) is 0 Å². The summed E-state index contributed by atoms with van der Waals surface area (Å²) in [5, 5.41) is 1.88. The summed E-state index contributed by atoms with van der Waals surface area (Å²) in [5.41, 5.74) is 1.49.